The molecule has 0 bridgehead atoms. The van der Waals surface area contributed by atoms with E-state index in [1.807, 2.05) is 10.3 Å². The van der Waals surface area contributed by atoms with Crippen LogP contribution in [-0.2, 0) is 4.79 Å². The number of anilines is 1. The Hall–Kier alpha value is -1.08. The zero-order chi connectivity index (χ0) is 14.8. The minimum atomic E-state index is 0.0624. The van der Waals surface area contributed by atoms with Crippen LogP contribution in [0, 0.1) is 0 Å². The smallest absolute Gasteiger partial charge is 0.273 e. The molecular weight excluding hydrogens is 306 g/mol. The third-order valence-corrected chi connectivity index (χ3v) is 5.67. The van der Waals surface area contributed by atoms with Gasteiger partial charge >= 0.3 is 0 Å². The molecule has 1 amide bonds. The Morgan fingerprint density at radius 2 is 2.00 bits per heavy atom. The number of piperidine rings is 1. The van der Waals surface area contributed by atoms with Crippen LogP contribution in [0.1, 0.15) is 36.7 Å². The van der Waals surface area contributed by atoms with Crippen LogP contribution < -0.4 is 4.90 Å². The quantitative estimate of drug-likeness (QED) is 0.853. The van der Waals surface area contributed by atoms with Crippen LogP contribution in [0.2, 0.25) is 0 Å². The molecule has 7 heteroatoms. The number of nitrogens with zero attached hydrogens (tertiary/aromatic N) is 3. The van der Waals surface area contributed by atoms with Gasteiger partial charge in [-0.15, -0.1) is 11.3 Å². The fraction of sp³-hybridized carbons (Fsp3) is 0.643. The van der Waals surface area contributed by atoms with Crippen LogP contribution in [-0.4, -0.2) is 52.3 Å². The second-order valence-electron chi connectivity index (χ2n) is 5.50. The van der Waals surface area contributed by atoms with Gasteiger partial charge in [0.25, 0.3) is 5.91 Å². The normalized spacial score (nSPS) is 19.5. The van der Waals surface area contributed by atoms with Gasteiger partial charge in [0.2, 0.25) is 0 Å². The van der Waals surface area contributed by atoms with Gasteiger partial charge in [0, 0.05) is 43.7 Å². The molecule has 0 unspecified atom stereocenters. The van der Waals surface area contributed by atoms with Crippen LogP contribution in [0.4, 0.5) is 5.13 Å². The molecule has 114 valence electrons. The maximum Gasteiger partial charge on any atom is 0.273 e. The third-order valence-electron chi connectivity index (χ3n) is 3.81. The molecule has 0 N–H and O–H groups in total. The molecule has 0 atom stereocenters. The van der Waals surface area contributed by atoms with Crippen LogP contribution in [0.3, 0.4) is 0 Å². The minimum Gasteiger partial charge on any atom is -0.346 e. The molecule has 3 heterocycles. The highest BCUT2D eigenvalue weighted by Crippen LogP contribution is 2.31. The summed E-state index contributed by atoms with van der Waals surface area (Å²) in [5.41, 5.74) is 0.569. The molecule has 1 aromatic heterocycles. The maximum absolute atomic E-state index is 12.4. The molecule has 1 aromatic rings. The molecule has 2 saturated heterocycles. The van der Waals surface area contributed by atoms with E-state index >= 15 is 0 Å². The first kappa shape index (κ1) is 14.8. The number of carbonyl (C=O) groups is 2. The summed E-state index contributed by atoms with van der Waals surface area (Å²) in [6, 6.07) is 0. The first-order chi connectivity index (χ1) is 10.1. The highest BCUT2D eigenvalue weighted by atomic mass is 32.2. The van der Waals surface area contributed by atoms with Gasteiger partial charge in [-0.25, -0.2) is 4.98 Å². The molecule has 0 spiro atoms. The van der Waals surface area contributed by atoms with E-state index in [2.05, 4.69) is 9.88 Å². The molecule has 0 radical (unpaired) electrons. The van der Waals surface area contributed by atoms with E-state index in [1.54, 1.807) is 6.92 Å². The second-order valence-corrected chi connectivity index (χ2v) is 7.82. The Balaban J connectivity index is 1.57. The number of thiazole rings is 1. The van der Waals surface area contributed by atoms with Crippen LogP contribution in [0.15, 0.2) is 5.38 Å². The van der Waals surface area contributed by atoms with Crippen molar-refractivity contribution < 1.29 is 9.59 Å². The van der Waals surface area contributed by atoms with Crippen molar-refractivity contribution in [3.8, 4) is 0 Å². The van der Waals surface area contributed by atoms with E-state index < -0.39 is 0 Å². The summed E-state index contributed by atoms with van der Waals surface area (Å²) in [5.74, 6) is 0.0624. The van der Waals surface area contributed by atoms with Crippen molar-refractivity contribution in [3.05, 3.63) is 11.1 Å². The number of thioether (sulfide) groups is 1. The number of hydrogen-bond donors (Lipinski definition) is 0. The van der Waals surface area contributed by atoms with Crippen molar-refractivity contribution in [1.82, 2.24) is 9.88 Å². The lowest BCUT2D eigenvalue weighted by Gasteiger charge is -2.37. The van der Waals surface area contributed by atoms with Crippen LogP contribution >= 0.6 is 23.1 Å². The molecule has 5 nitrogen and oxygen atoms in total. The Morgan fingerprint density at radius 1 is 1.29 bits per heavy atom. The van der Waals surface area contributed by atoms with Crippen molar-refractivity contribution in [2.75, 3.05) is 31.1 Å². The summed E-state index contributed by atoms with van der Waals surface area (Å²) < 4.78 is 0. The Bertz CT molecular complexity index is 534. The Morgan fingerprint density at radius 3 is 2.67 bits per heavy atom. The summed E-state index contributed by atoms with van der Waals surface area (Å²) in [4.78, 5) is 31.9. The fourth-order valence-electron chi connectivity index (χ4n) is 2.67. The lowest BCUT2D eigenvalue weighted by Crippen LogP contribution is -2.49. The maximum atomic E-state index is 12.4. The standard InChI is InChI=1S/C14H19N3O2S2/c1-10(18)21-11-7-17(8-11)14-15-12(9-20-14)13(19)16-5-3-2-4-6-16/h9,11H,2-8H2,1H3. The molecule has 21 heavy (non-hydrogen) atoms. The monoisotopic (exact) mass is 325 g/mol. The number of rotatable bonds is 3. The van der Waals surface area contributed by atoms with E-state index in [1.165, 1.54) is 29.5 Å². The summed E-state index contributed by atoms with van der Waals surface area (Å²) >= 11 is 2.92. The molecule has 0 aliphatic carbocycles. The Labute approximate surface area is 132 Å². The van der Waals surface area contributed by atoms with Crippen molar-refractivity contribution in [1.29, 1.82) is 0 Å². The molecular formula is C14H19N3O2S2. The third kappa shape index (κ3) is 3.40. The van der Waals surface area contributed by atoms with Crippen molar-refractivity contribution in [2.45, 2.75) is 31.4 Å². The minimum absolute atomic E-state index is 0.0624. The SMILES string of the molecule is CC(=O)SC1CN(c2nc(C(=O)N3CCCCC3)cs2)C1. The van der Waals surface area contributed by atoms with Gasteiger partial charge in [-0.2, -0.15) is 0 Å². The van der Waals surface area contributed by atoms with Crippen molar-refractivity contribution >= 4 is 39.3 Å². The summed E-state index contributed by atoms with van der Waals surface area (Å²) in [5, 5.41) is 3.29. The van der Waals surface area contributed by atoms with Gasteiger partial charge in [0.05, 0.1) is 0 Å². The van der Waals surface area contributed by atoms with Crippen molar-refractivity contribution in [2.24, 2.45) is 0 Å². The zero-order valence-corrected chi connectivity index (χ0v) is 13.7. The average Bonchev–Trinajstić information content (AvgIpc) is 2.91. The van der Waals surface area contributed by atoms with E-state index in [0.29, 0.717) is 10.9 Å². The number of hydrogen-bond acceptors (Lipinski definition) is 6. The molecule has 2 fully saturated rings. The number of amides is 1. The summed E-state index contributed by atoms with van der Waals surface area (Å²) in [6.07, 6.45) is 3.41. The average molecular weight is 325 g/mol. The van der Waals surface area contributed by atoms with E-state index in [0.717, 1.165) is 44.2 Å². The topological polar surface area (TPSA) is 53.5 Å². The predicted octanol–water partition coefficient (Wildman–Crippen LogP) is 2.24. The first-order valence-electron chi connectivity index (χ1n) is 7.30. The number of likely N-dealkylation sites (tertiary alicyclic amines) is 1. The van der Waals surface area contributed by atoms with Gasteiger partial charge in [-0.3, -0.25) is 9.59 Å². The van der Waals surface area contributed by atoms with E-state index in [9.17, 15) is 9.59 Å². The van der Waals surface area contributed by atoms with Gasteiger partial charge in [-0.05, 0) is 19.3 Å². The predicted molar refractivity (Wildman–Crippen MR) is 86.1 cm³/mol. The fourth-order valence-corrected chi connectivity index (χ4v) is 4.47. The molecule has 0 aromatic carbocycles. The highest BCUT2D eigenvalue weighted by molar-refractivity contribution is 8.14. The second kappa shape index (κ2) is 6.36. The number of aromatic nitrogens is 1. The number of carbonyl (C=O) groups excluding carboxylic acids is 2. The van der Waals surface area contributed by atoms with Crippen LogP contribution in [0.5, 0.6) is 0 Å². The van der Waals surface area contributed by atoms with Crippen LogP contribution in [0.25, 0.3) is 0 Å². The molecule has 0 saturated carbocycles. The van der Waals surface area contributed by atoms with Gasteiger partial charge < -0.3 is 9.80 Å². The highest BCUT2D eigenvalue weighted by Gasteiger charge is 2.31. The molecule has 3 rings (SSSR count). The van der Waals surface area contributed by atoms with Gasteiger partial charge in [-0.1, -0.05) is 11.8 Å². The molecule has 2 aliphatic heterocycles. The first-order valence-corrected chi connectivity index (χ1v) is 9.06. The largest absolute Gasteiger partial charge is 0.346 e. The van der Waals surface area contributed by atoms with E-state index in [4.69, 9.17) is 0 Å². The Kier molecular flexibility index (Phi) is 4.49. The van der Waals surface area contributed by atoms with Gasteiger partial charge in [0.15, 0.2) is 10.2 Å². The zero-order valence-electron chi connectivity index (χ0n) is 12.1. The summed E-state index contributed by atoms with van der Waals surface area (Å²) in [6.45, 7) is 5.00. The van der Waals surface area contributed by atoms with Crippen molar-refractivity contribution in [3.63, 3.8) is 0 Å². The lowest BCUT2D eigenvalue weighted by atomic mass is 10.1. The van der Waals surface area contributed by atoms with E-state index in [-0.39, 0.29) is 11.0 Å². The summed E-state index contributed by atoms with van der Waals surface area (Å²) in [7, 11) is 0. The molecule has 2 aliphatic rings. The van der Waals surface area contributed by atoms with Gasteiger partial charge in [0.1, 0.15) is 5.69 Å². The lowest BCUT2D eigenvalue weighted by molar-refractivity contribution is -0.109.